The van der Waals surface area contributed by atoms with E-state index in [-0.39, 0.29) is 5.54 Å². The fraction of sp³-hybridized carbons (Fsp3) is 1.00. The van der Waals surface area contributed by atoms with Crippen molar-refractivity contribution < 1.29 is 9.47 Å². The van der Waals surface area contributed by atoms with E-state index in [1.54, 1.807) is 0 Å². The van der Waals surface area contributed by atoms with Crippen molar-refractivity contribution in [2.45, 2.75) is 84.0 Å². The van der Waals surface area contributed by atoms with Crippen LogP contribution in [0.2, 0.25) is 0 Å². The first kappa shape index (κ1) is 16.3. The second-order valence-electron chi connectivity index (χ2n) is 7.76. The average molecular weight is 283 g/mol. The van der Waals surface area contributed by atoms with Gasteiger partial charge in [-0.2, -0.15) is 0 Å². The first-order valence-corrected chi connectivity index (χ1v) is 8.40. The van der Waals surface area contributed by atoms with Gasteiger partial charge in [0.05, 0.1) is 12.2 Å². The maximum Gasteiger partial charge on any atom is 0.0616 e. The largest absolute Gasteiger partial charge is 0.378 e. The molecule has 0 aliphatic carbocycles. The lowest BCUT2D eigenvalue weighted by Gasteiger charge is -2.36. The second kappa shape index (κ2) is 6.76. The Kier molecular flexibility index (Phi) is 5.49. The van der Waals surface area contributed by atoms with Crippen LogP contribution >= 0.6 is 0 Å². The Morgan fingerprint density at radius 1 is 1.20 bits per heavy atom. The molecule has 2 aliphatic rings. The maximum absolute atomic E-state index is 5.89. The highest BCUT2D eigenvalue weighted by Gasteiger charge is 2.41. The predicted molar refractivity (Wildman–Crippen MR) is 83.0 cm³/mol. The highest BCUT2D eigenvalue weighted by Crippen LogP contribution is 2.40. The Balaban J connectivity index is 1.83. The van der Waals surface area contributed by atoms with Gasteiger partial charge in [0.15, 0.2) is 0 Å². The smallest absolute Gasteiger partial charge is 0.0616 e. The van der Waals surface area contributed by atoms with Gasteiger partial charge < -0.3 is 14.8 Å². The molecule has 3 nitrogen and oxygen atoms in total. The maximum atomic E-state index is 5.89. The van der Waals surface area contributed by atoms with Crippen LogP contribution in [-0.4, -0.2) is 37.5 Å². The zero-order chi connectivity index (χ0) is 14.6. The minimum absolute atomic E-state index is 0.184. The SMILES string of the molecule is CC1OCCC1(CCCC1CCCO1)CNC(C)(C)C. The number of hydrogen-bond donors (Lipinski definition) is 1. The van der Waals surface area contributed by atoms with Gasteiger partial charge in [-0.1, -0.05) is 6.42 Å². The van der Waals surface area contributed by atoms with Crippen LogP contribution < -0.4 is 5.32 Å². The molecule has 0 radical (unpaired) electrons. The zero-order valence-corrected chi connectivity index (χ0v) is 13.8. The monoisotopic (exact) mass is 283 g/mol. The number of rotatable bonds is 6. The van der Waals surface area contributed by atoms with E-state index in [9.17, 15) is 0 Å². The zero-order valence-electron chi connectivity index (χ0n) is 13.8. The van der Waals surface area contributed by atoms with Gasteiger partial charge >= 0.3 is 0 Å². The Hall–Kier alpha value is -0.120. The van der Waals surface area contributed by atoms with E-state index in [1.807, 2.05) is 0 Å². The lowest BCUT2D eigenvalue weighted by Crippen LogP contribution is -2.46. The lowest BCUT2D eigenvalue weighted by atomic mass is 9.76. The summed E-state index contributed by atoms with van der Waals surface area (Å²) in [6.45, 7) is 12.0. The molecule has 1 N–H and O–H groups in total. The second-order valence-corrected chi connectivity index (χ2v) is 7.76. The quantitative estimate of drug-likeness (QED) is 0.809. The molecule has 2 rings (SSSR count). The summed E-state index contributed by atoms with van der Waals surface area (Å²) in [7, 11) is 0. The minimum Gasteiger partial charge on any atom is -0.378 e. The van der Waals surface area contributed by atoms with Crippen LogP contribution in [0.3, 0.4) is 0 Å². The third-order valence-corrected chi connectivity index (χ3v) is 5.03. The lowest BCUT2D eigenvalue weighted by molar-refractivity contribution is 0.0485. The molecule has 2 saturated heterocycles. The molecule has 0 aromatic heterocycles. The molecule has 3 heteroatoms. The Bertz CT molecular complexity index is 294. The molecule has 0 aromatic rings. The molecule has 2 fully saturated rings. The van der Waals surface area contributed by atoms with Crippen LogP contribution in [0.5, 0.6) is 0 Å². The summed E-state index contributed by atoms with van der Waals surface area (Å²) in [6.07, 6.45) is 8.37. The molecule has 118 valence electrons. The third-order valence-electron chi connectivity index (χ3n) is 5.03. The predicted octanol–water partition coefficient (Wildman–Crippen LogP) is 3.52. The first-order valence-electron chi connectivity index (χ1n) is 8.40. The van der Waals surface area contributed by atoms with Crippen molar-refractivity contribution in [3.8, 4) is 0 Å². The molecular weight excluding hydrogens is 250 g/mol. The van der Waals surface area contributed by atoms with Crippen molar-refractivity contribution in [2.75, 3.05) is 19.8 Å². The molecule has 0 spiro atoms. The summed E-state index contributed by atoms with van der Waals surface area (Å²) in [6, 6.07) is 0. The summed E-state index contributed by atoms with van der Waals surface area (Å²) >= 11 is 0. The molecule has 3 atom stereocenters. The third kappa shape index (κ3) is 4.44. The Labute approximate surface area is 124 Å². The highest BCUT2D eigenvalue weighted by atomic mass is 16.5. The summed E-state index contributed by atoms with van der Waals surface area (Å²) in [5.41, 5.74) is 0.510. The van der Waals surface area contributed by atoms with Gasteiger partial charge in [-0.15, -0.1) is 0 Å². The van der Waals surface area contributed by atoms with E-state index in [0.717, 1.165) is 19.8 Å². The van der Waals surface area contributed by atoms with Gasteiger partial charge in [0.1, 0.15) is 0 Å². The Morgan fingerprint density at radius 3 is 2.55 bits per heavy atom. The van der Waals surface area contributed by atoms with Gasteiger partial charge in [0.2, 0.25) is 0 Å². The molecule has 3 unspecified atom stereocenters. The molecule has 0 bridgehead atoms. The van der Waals surface area contributed by atoms with E-state index in [0.29, 0.717) is 17.6 Å². The molecule has 2 aliphatic heterocycles. The van der Waals surface area contributed by atoms with Crippen LogP contribution in [0, 0.1) is 5.41 Å². The highest BCUT2D eigenvalue weighted by molar-refractivity contribution is 4.93. The summed E-state index contributed by atoms with van der Waals surface area (Å²) in [4.78, 5) is 0. The molecule has 0 aromatic carbocycles. The number of ether oxygens (including phenoxy) is 2. The minimum atomic E-state index is 0.184. The summed E-state index contributed by atoms with van der Waals surface area (Å²) in [5, 5.41) is 3.70. The van der Waals surface area contributed by atoms with Crippen molar-refractivity contribution in [2.24, 2.45) is 5.41 Å². The number of hydrogen-bond acceptors (Lipinski definition) is 3. The van der Waals surface area contributed by atoms with Gasteiger partial charge in [-0.25, -0.2) is 0 Å². The van der Waals surface area contributed by atoms with E-state index in [4.69, 9.17) is 9.47 Å². The molecule has 0 saturated carbocycles. The van der Waals surface area contributed by atoms with Crippen LogP contribution in [0.15, 0.2) is 0 Å². The van der Waals surface area contributed by atoms with Gasteiger partial charge in [0.25, 0.3) is 0 Å². The van der Waals surface area contributed by atoms with E-state index >= 15 is 0 Å². The molecular formula is C17H33NO2. The van der Waals surface area contributed by atoms with E-state index < -0.39 is 0 Å². The van der Waals surface area contributed by atoms with Crippen molar-refractivity contribution in [3.05, 3.63) is 0 Å². The van der Waals surface area contributed by atoms with Crippen LogP contribution in [0.4, 0.5) is 0 Å². The van der Waals surface area contributed by atoms with E-state index in [1.165, 1.54) is 38.5 Å². The van der Waals surface area contributed by atoms with Crippen molar-refractivity contribution >= 4 is 0 Å². The molecule has 0 amide bonds. The fourth-order valence-electron chi connectivity index (χ4n) is 3.46. The van der Waals surface area contributed by atoms with Crippen molar-refractivity contribution in [1.29, 1.82) is 0 Å². The van der Waals surface area contributed by atoms with Gasteiger partial charge in [-0.05, 0) is 59.8 Å². The van der Waals surface area contributed by atoms with Gasteiger partial charge in [0, 0.05) is 30.7 Å². The molecule has 2 heterocycles. The first-order chi connectivity index (χ1) is 9.41. The van der Waals surface area contributed by atoms with Crippen LogP contribution in [-0.2, 0) is 9.47 Å². The number of nitrogens with one attached hydrogen (secondary N) is 1. The van der Waals surface area contributed by atoms with Crippen molar-refractivity contribution in [1.82, 2.24) is 5.32 Å². The van der Waals surface area contributed by atoms with Crippen LogP contribution in [0.25, 0.3) is 0 Å². The average Bonchev–Trinajstić information content (AvgIpc) is 2.98. The fourth-order valence-corrected chi connectivity index (χ4v) is 3.46. The normalized spacial score (nSPS) is 34.8. The molecule has 20 heavy (non-hydrogen) atoms. The summed E-state index contributed by atoms with van der Waals surface area (Å²) in [5.74, 6) is 0. The van der Waals surface area contributed by atoms with Crippen LogP contribution in [0.1, 0.15) is 66.2 Å². The topological polar surface area (TPSA) is 30.5 Å². The van der Waals surface area contributed by atoms with E-state index in [2.05, 4.69) is 33.0 Å². The van der Waals surface area contributed by atoms with Crippen molar-refractivity contribution in [3.63, 3.8) is 0 Å². The standard InChI is InChI=1S/C17H33NO2/c1-14-17(10-12-19-14,13-18-16(2,3)4)9-5-7-15-8-6-11-20-15/h14-15,18H,5-13H2,1-4H3. The summed E-state index contributed by atoms with van der Waals surface area (Å²) < 4.78 is 11.6. The Morgan fingerprint density at radius 2 is 2.00 bits per heavy atom. The van der Waals surface area contributed by atoms with Gasteiger partial charge in [-0.3, -0.25) is 0 Å².